The van der Waals surface area contributed by atoms with Gasteiger partial charge in [-0.3, -0.25) is 4.98 Å². The fourth-order valence-electron chi connectivity index (χ4n) is 2.19. The maximum atomic E-state index is 4.06. The number of hydrogen-bond acceptors (Lipinski definition) is 2. The van der Waals surface area contributed by atoms with Crippen LogP contribution in [0, 0.1) is 0 Å². The number of nitrogens with zero attached hydrogens (tertiary/aromatic N) is 1. The molecule has 0 aliphatic carbocycles. The van der Waals surface area contributed by atoms with E-state index in [9.17, 15) is 0 Å². The number of rotatable bonds is 5. The monoisotopic (exact) mass is 318 g/mol. The molecule has 0 aliphatic heterocycles. The molecule has 1 N–H and O–H groups in total. The predicted octanol–water partition coefficient (Wildman–Crippen LogP) is 4.65. The highest BCUT2D eigenvalue weighted by Gasteiger charge is 2.13. The predicted molar refractivity (Wildman–Crippen MR) is 83.0 cm³/mol. The van der Waals surface area contributed by atoms with E-state index in [0.29, 0.717) is 12.1 Å². The zero-order valence-corrected chi connectivity index (χ0v) is 12.9. The summed E-state index contributed by atoms with van der Waals surface area (Å²) in [7, 11) is 0. The molecule has 19 heavy (non-hydrogen) atoms. The van der Waals surface area contributed by atoms with E-state index in [0.717, 1.165) is 10.9 Å². The quantitative estimate of drug-likeness (QED) is 0.868. The van der Waals surface area contributed by atoms with Crippen molar-refractivity contribution in [1.29, 1.82) is 0 Å². The summed E-state index contributed by atoms with van der Waals surface area (Å²) in [5, 5.41) is 3.68. The van der Waals surface area contributed by atoms with Crippen LogP contribution < -0.4 is 5.32 Å². The van der Waals surface area contributed by atoms with Gasteiger partial charge in [0.05, 0.1) is 0 Å². The van der Waals surface area contributed by atoms with Crippen LogP contribution in [-0.2, 0) is 0 Å². The Morgan fingerprint density at radius 2 is 1.68 bits per heavy atom. The molecule has 0 amide bonds. The molecule has 0 radical (unpaired) electrons. The maximum absolute atomic E-state index is 4.06. The van der Waals surface area contributed by atoms with Crippen LogP contribution in [0.1, 0.15) is 43.5 Å². The van der Waals surface area contributed by atoms with Crippen LogP contribution in [0.2, 0.25) is 0 Å². The summed E-state index contributed by atoms with van der Waals surface area (Å²) < 4.78 is 1.12. The van der Waals surface area contributed by atoms with Crippen LogP contribution in [-0.4, -0.2) is 4.98 Å². The third-order valence-corrected chi connectivity index (χ3v) is 3.87. The number of nitrogens with one attached hydrogen (secondary N) is 1. The SMILES string of the molecule is CCC(N[C@H](C)c1ccncc1)c1ccc(Br)cc1. The van der Waals surface area contributed by atoms with Crippen molar-refractivity contribution >= 4 is 15.9 Å². The molecular weight excluding hydrogens is 300 g/mol. The average Bonchev–Trinajstić information content (AvgIpc) is 2.46. The first-order chi connectivity index (χ1) is 9.20. The van der Waals surface area contributed by atoms with Crippen molar-refractivity contribution in [3.8, 4) is 0 Å². The van der Waals surface area contributed by atoms with Gasteiger partial charge in [-0.1, -0.05) is 35.0 Å². The second-order valence-corrected chi connectivity index (χ2v) is 5.60. The molecule has 0 saturated carbocycles. The number of benzene rings is 1. The highest BCUT2D eigenvalue weighted by molar-refractivity contribution is 9.10. The van der Waals surface area contributed by atoms with Gasteiger partial charge in [-0.25, -0.2) is 0 Å². The van der Waals surface area contributed by atoms with Gasteiger partial charge in [0, 0.05) is 29.0 Å². The molecule has 0 spiro atoms. The highest BCUT2D eigenvalue weighted by atomic mass is 79.9. The van der Waals surface area contributed by atoms with E-state index in [1.54, 1.807) is 0 Å². The van der Waals surface area contributed by atoms with E-state index in [1.165, 1.54) is 11.1 Å². The Bertz CT molecular complexity index is 496. The lowest BCUT2D eigenvalue weighted by Crippen LogP contribution is -2.24. The molecule has 0 aliphatic rings. The summed E-state index contributed by atoms with van der Waals surface area (Å²) in [6.07, 6.45) is 4.75. The molecule has 1 aromatic heterocycles. The largest absolute Gasteiger partial charge is 0.303 e. The lowest BCUT2D eigenvalue weighted by Gasteiger charge is -2.23. The van der Waals surface area contributed by atoms with Crippen LogP contribution in [0.3, 0.4) is 0 Å². The van der Waals surface area contributed by atoms with Crippen molar-refractivity contribution in [3.63, 3.8) is 0 Å². The molecule has 2 atom stereocenters. The summed E-state index contributed by atoms with van der Waals surface area (Å²) in [5.74, 6) is 0. The first kappa shape index (κ1) is 14.2. The highest BCUT2D eigenvalue weighted by Crippen LogP contribution is 2.23. The van der Waals surface area contributed by atoms with Crippen LogP contribution in [0.5, 0.6) is 0 Å². The molecule has 0 bridgehead atoms. The fourth-order valence-corrected chi connectivity index (χ4v) is 2.46. The van der Waals surface area contributed by atoms with E-state index in [2.05, 4.69) is 76.5 Å². The smallest absolute Gasteiger partial charge is 0.0323 e. The first-order valence-electron chi connectivity index (χ1n) is 6.62. The summed E-state index contributed by atoms with van der Waals surface area (Å²) in [6, 6.07) is 13.3. The van der Waals surface area contributed by atoms with Gasteiger partial charge in [0.15, 0.2) is 0 Å². The van der Waals surface area contributed by atoms with Crippen molar-refractivity contribution in [2.45, 2.75) is 32.4 Å². The van der Waals surface area contributed by atoms with Crippen molar-refractivity contribution in [1.82, 2.24) is 10.3 Å². The van der Waals surface area contributed by atoms with E-state index in [-0.39, 0.29) is 0 Å². The molecule has 2 nitrogen and oxygen atoms in total. The summed E-state index contributed by atoms with van der Waals surface area (Å²) in [6.45, 7) is 4.40. The summed E-state index contributed by atoms with van der Waals surface area (Å²) in [4.78, 5) is 4.06. The Morgan fingerprint density at radius 1 is 1.05 bits per heavy atom. The second-order valence-electron chi connectivity index (χ2n) is 4.68. The molecule has 1 heterocycles. The van der Waals surface area contributed by atoms with Crippen molar-refractivity contribution < 1.29 is 0 Å². The van der Waals surface area contributed by atoms with Crippen LogP contribution in [0.4, 0.5) is 0 Å². The van der Waals surface area contributed by atoms with Gasteiger partial charge in [0.2, 0.25) is 0 Å². The number of halogens is 1. The number of hydrogen-bond donors (Lipinski definition) is 1. The Kier molecular flexibility index (Phi) is 5.11. The van der Waals surface area contributed by atoms with Gasteiger partial charge in [0.25, 0.3) is 0 Å². The molecule has 1 aromatic carbocycles. The Balaban J connectivity index is 2.09. The van der Waals surface area contributed by atoms with Gasteiger partial charge in [0.1, 0.15) is 0 Å². The zero-order chi connectivity index (χ0) is 13.7. The molecule has 2 rings (SSSR count). The fraction of sp³-hybridized carbons (Fsp3) is 0.312. The Morgan fingerprint density at radius 3 is 2.26 bits per heavy atom. The van der Waals surface area contributed by atoms with Gasteiger partial charge in [-0.15, -0.1) is 0 Å². The minimum atomic E-state index is 0.316. The maximum Gasteiger partial charge on any atom is 0.0323 e. The second kappa shape index (κ2) is 6.83. The van der Waals surface area contributed by atoms with Crippen LogP contribution >= 0.6 is 15.9 Å². The molecule has 3 heteroatoms. The lowest BCUT2D eigenvalue weighted by molar-refractivity contribution is 0.456. The molecule has 2 aromatic rings. The zero-order valence-electron chi connectivity index (χ0n) is 11.3. The van der Waals surface area contributed by atoms with Gasteiger partial charge in [-0.2, -0.15) is 0 Å². The van der Waals surface area contributed by atoms with E-state index < -0.39 is 0 Å². The van der Waals surface area contributed by atoms with Gasteiger partial charge < -0.3 is 5.32 Å². The molecule has 0 fully saturated rings. The number of pyridine rings is 1. The van der Waals surface area contributed by atoms with Crippen molar-refractivity contribution in [2.24, 2.45) is 0 Å². The minimum absolute atomic E-state index is 0.316. The first-order valence-corrected chi connectivity index (χ1v) is 7.41. The lowest BCUT2D eigenvalue weighted by atomic mass is 10.0. The average molecular weight is 319 g/mol. The van der Waals surface area contributed by atoms with Gasteiger partial charge >= 0.3 is 0 Å². The summed E-state index contributed by atoms with van der Waals surface area (Å²) >= 11 is 3.48. The van der Waals surface area contributed by atoms with E-state index in [4.69, 9.17) is 0 Å². The van der Waals surface area contributed by atoms with Crippen LogP contribution in [0.25, 0.3) is 0 Å². The van der Waals surface area contributed by atoms with Crippen molar-refractivity contribution in [3.05, 3.63) is 64.4 Å². The molecular formula is C16H19BrN2. The van der Waals surface area contributed by atoms with E-state index >= 15 is 0 Å². The molecule has 1 unspecified atom stereocenters. The third kappa shape index (κ3) is 3.88. The summed E-state index contributed by atoms with van der Waals surface area (Å²) in [5.41, 5.74) is 2.59. The van der Waals surface area contributed by atoms with Crippen LogP contribution in [0.15, 0.2) is 53.3 Å². The Hall–Kier alpha value is -1.19. The van der Waals surface area contributed by atoms with Crippen molar-refractivity contribution in [2.75, 3.05) is 0 Å². The standard InChI is InChI=1S/C16H19BrN2/c1-3-16(14-4-6-15(17)7-5-14)19-12(2)13-8-10-18-11-9-13/h4-12,16,19H,3H2,1-2H3/t12-,16?/m1/s1. The Labute approximate surface area is 123 Å². The third-order valence-electron chi connectivity index (χ3n) is 3.34. The molecule has 0 saturated heterocycles. The molecule has 100 valence electrons. The number of aromatic nitrogens is 1. The normalized spacial score (nSPS) is 14.1. The topological polar surface area (TPSA) is 24.9 Å². The van der Waals surface area contributed by atoms with Gasteiger partial charge in [-0.05, 0) is 48.7 Å². The minimum Gasteiger partial charge on any atom is -0.303 e. The van der Waals surface area contributed by atoms with E-state index in [1.807, 2.05) is 12.4 Å².